The number of carbonyl (C=O) groups is 1. The highest BCUT2D eigenvalue weighted by atomic mass is 35.5. The van der Waals surface area contributed by atoms with E-state index in [1.54, 1.807) is 0 Å². The van der Waals surface area contributed by atoms with Crippen molar-refractivity contribution in [3.63, 3.8) is 0 Å². The molecular formula is C14H9ClN2O4. The Labute approximate surface area is 125 Å². The van der Waals surface area contributed by atoms with E-state index in [0.29, 0.717) is 11.3 Å². The van der Waals surface area contributed by atoms with Crippen molar-refractivity contribution in [2.24, 2.45) is 0 Å². The predicted octanol–water partition coefficient (Wildman–Crippen LogP) is 3.11. The highest BCUT2D eigenvalue weighted by Crippen LogP contribution is 2.29. The molecule has 1 N–H and O–H groups in total. The summed E-state index contributed by atoms with van der Waals surface area (Å²) in [4.78, 5) is 15.0. The third-order valence-corrected chi connectivity index (χ3v) is 2.73. The minimum absolute atomic E-state index is 0.0957. The minimum Gasteiger partial charge on any atom is -0.497 e. The molecule has 0 bridgehead atoms. The lowest BCUT2D eigenvalue weighted by Crippen LogP contribution is -2.02. The van der Waals surface area contributed by atoms with Gasteiger partial charge in [-0.05, 0) is 24.3 Å². The number of aromatic nitrogens is 1. The molecule has 1 aromatic heterocycles. The number of aromatic carboxylic acids is 1. The highest BCUT2D eigenvalue weighted by molar-refractivity contribution is 6.29. The van der Waals surface area contributed by atoms with Crippen LogP contribution < -0.4 is 9.47 Å². The van der Waals surface area contributed by atoms with Gasteiger partial charge in [-0.1, -0.05) is 11.6 Å². The molecule has 0 atom stereocenters. The van der Waals surface area contributed by atoms with Crippen molar-refractivity contribution < 1.29 is 19.4 Å². The molecule has 7 heteroatoms. The molecule has 106 valence electrons. The van der Waals surface area contributed by atoms with Crippen LogP contribution >= 0.6 is 11.6 Å². The van der Waals surface area contributed by atoms with Crippen LogP contribution in [0.1, 0.15) is 15.9 Å². The van der Waals surface area contributed by atoms with Crippen molar-refractivity contribution in [1.29, 1.82) is 5.26 Å². The average Bonchev–Trinajstić information content (AvgIpc) is 2.46. The maximum Gasteiger partial charge on any atom is 0.341 e. The van der Waals surface area contributed by atoms with E-state index in [2.05, 4.69) is 4.98 Å². The molecule has 0 aliphatic rings. The van der Waals surface area contributed by atoms with Crippen LogP contribution in [0.25, 0.3) is 0 Å². The van der Waals surface area contributed by atoms with E-state index in [9.17, 15) is 4.79 Å². The van der Waals surface area contributed by atoms with E-state index in [0.717, 1.165) is 0 Å². The van der Waals surface area contributed by atoms with E-state index in [1.165, 1.54) is 37.4 Å². The van der Waals surface area contributed by atoms with Crippen molar-refractivity contribution in [2.75, 3.05) is 7.11 Å². The summed E-state index contributed by atoms with van der Waals surface area (Å²) in [7, 11) is 1.45. The number of hydrogen-bond donors (Lipinski definition) is 1. The van der Waals surface area contributed by atoms with E-state index in [-0.39, 0.29) is 22.3 Å². The number of pyridine rings is 1. The first-order chi connectivity index (χ1) is 10.0. The summed E-state index contributed by atoms with van der Waals surface area (Å²) in [5, 5.41) is 18.1. The second-order valence-electron chi connectivity index (χ2n) is 3.90. The molecule has 0 aliphatic carbocycles. The maximum atomic E-state index is 11.1. The third kappa shape index (κ3) is 3.41. The van der Waals surface area contributed by atoms with Gasteiger partial charge in [0.15, 0.2) is 0 Å². The van der Waals surface area contributed by atoms with Gasteiger partial charge in [-0.2, -0.15) is 5.26 Å². The van der Waals surface area contributed by atoms with Gasteiger partial charge in [0.1, 0.15) is 22.2 Å². The first-order valence-corrected chi connectivity index (χ1v) is 6.08. The van der Waals surface area contributed by atoms with E-state index >= 15 is 0 Å². The van der Waals surface area contributed by atoms with Crippen LogP contribution in [0.5, 0.6) is 17.4 Å². The molecule has 0 amide bonds. The van der Waals surface area contributed by atoms with Crippen molar-refractivity contribution in [1.82, 2.24) is 4.98 Å². The molecule has 0 spiro atoms. The summed E-state index contributed by atoms with van der Waals surface area (Å²) in [5.41, 5.74) is 0.170. The fourth-order valence-corrected chi connectivity index (χ4v) is 1.72. The zero-order valence-electron chi connectivity index (χ0n) is 10.8. The molecule has 0 aliphatic heterocycles. The molecule has 0 saturated heterocycles. The van der Waals surface area contributed by atoms with E-state index < -0.39 is 5.97 Å². The maximum absolute atomic E-state index is 11.1. The van der Waals surface area contributed by atoms with Gasteiger partial charge < -0.3 is 14.6 Å². The lowest BCUT2D eigenvalue weighted by Gasteiger charge is -2.09. The number of benzene rings is 1. The Morgan fingerprint density at radius 3 is 2.67 bits per heavy atom. The lowest BCUT2D eigenvalue weighted by molar-refractivity contribution is 0.0693. The van der Waals surface area contributed by atoms with Crippen LogP contribution in [0.4, 0.5) is 0 Å². The van der Waals surface area contributed by atoms with Crippen molar-refractivity contribution in [2.45, 2.75) is 0 Å². The standard InChI is InChI=1S/C14H9ClN2O4/c1-20-9-4-8(7-16)5-10(6-9)21-13-11(14(18)19)2-3-12(15)17-13/h2-6H,1H3,(H,18,19). The Morgan fingerprint density at radius 2 is 2.05 bits per heavy atom. The fraction of sp³-hybridized carbons (Fsp3) is 0.0714. The molecule has 0 unspecified atom stereocenters. The van der Waals surface area contributed by atoms with Gasteiger partial charge in [0.05, 0.1) is 18.7 Å². The monoisotopic (exact) mass is 304 g/mol. The van der Waals surface area contributed by atoms with Crippen LogP contribution in [0.15, 0.2) is 30.3 Å². The first-order valence-electron chi connectivity index (χ1n) is 5.70. The lowest BCUT2D eigenvalue weighted by atomic mass is 10.2. The number of rotatable bonds is 4. The van der Waals surface area contributed by atoms with Crippen molar-refractivity contribution >= 4 is 17.6 Å². The largest absolute Gasteiger partial charge is 0.497 e. The molecule has 6 nitrogen and oxygen atoms in total. The van der Waals surface area contributed by atoms with Gasteiger partial charge in [0.2, 0.25) is 5.88 Å². The summed E-state index contributed by atoms with van der Waals surface area (Å²) in [6.45, 7) is 0. The molecule has 1 heterocycles. The van der Waals surface area contributed by atoms with Gasteiger partial charge in [-0.25, -0.2) is 9.78 Å². The highest BCUT2D eigenvalue weighted by Gasteiger charge is 2.15. The van der Waals surface area contributed by atoms with Gasteiger partial charge in [0.25, 0.3) is 0 Å². The van der Waals surface area contributed by atoms with E-state index in [4.69, 9.17) is 31.4 Å². The number of hydrogen-bond acceptors (Lipinski definition) is 5. The zero-order chi connectivity index (χ0) is 15.4. The normalized spacial score (nSPS) is 9.76. The molecular weight excluding hydrogens is 296 g/mol. The minimum atomic E-state index is -1.20. The SMILES string of the molecule is COc1cc(C#N)cc(Oc2nc(Cl)ccc2C(=O)O)c1. The number of nitriles is 1. The fourth-order valence-electron chi connectivity index (χ4n) is 1.58. The van der Waals surface area contributed by atoms with Crippen LogP contribution in [-0.4, -0.2) is 23.2 Å². The Kier molecular flexibility index (Phi) is 4.26. The summed E-state index contributed by atoms with van der Waals surface area (Å²) in [5.74, 6) is -0.726. The molecule has 21 heavy (non-hydrogen) atoms. The Bertz CT molecular complexity index is 740. The van der Waals surface area contributed by atoms with Crippen LogP contribution in [-0.2, 0) is 0 Å². The molecule has 0 fully saturated rings. The van der Waals surface area contributed by atoms with Gasteiger partial charge in [0, 0.05) is 6.07 Å². The summed E-state index contributed by atoms with van der Waals surface area (Å²) in [6, 6.07) is 9.07. The van der Waals surface area contributed by atoms with Crippen LogP contribution in [0.2, 0.25) is 5.15 Å². The van der Waals surface area contributed by atoms with Gasteiger partial charge in [-0.3, -0.25) is 0 Å². The smallest absolute Gasteiger partial charge is 0.341 e. The molecule has 0 radical (unpaired) electrons. The zero-order valence-corrected chi connectivity index (χ0v) is 11.6. The van der Waals surface area contributed by atoms with Crippen LogP contribution in [0.3, 0.4) is 0 Å². The average molecular weight is 305 g/mol. The Balaban J connectivity index is 2.45. The summed E-state index contributed by atoms with van der Waals surface area (Å²) in [6.07, 6.45) is 0. The van der Waals surface area contributed by atoms with Gasteiger partial charge in [-0.15, -0.1) is 0 Å². The number of nitrogens with zero attached hydrogens (tertiary/aromatic N) is 2. The van der Waals surface area contributed by atoms with Crippen molar-refractivity contribution in [3.05, 3.63) is 46.6 Å². The summed E-state index contributed by atoms with van der Waals surface area (Å²) >= 11 is 5.74. The predicted molar refractivity (Wildman–Crippen MR) is 74.0 cm³/mol. The second kappa shape index (κ2) is 6.11. The summed E-state index contributed by atoms with van der Waals surface area (Å²) < 4.78 is 10.5. The van der Waals surface area contributed by atoms with Crippen molar-refractivity contribution in [3.8, 4) is 23.4 Å². The number of ether oxygens (including phenoxy) is 2. The molecule has 2 rings (SSSR count). The van der Waals surface area contributed by atoms with E-state index in [1.807, 2.05) is 6.07 Å². The van der Waals surface area contributed by atoms with Crippen LogP contribution in [0, 0.1) is 11.3 Å². The topological polar surface area (TPSA) is 92.4 Å². The second-order valence-corrected chi connectivity index (χ2v) is 4.29. The molecule has 0 saturated carbocycles. The Hall–Kier alpha value is -2.78. The number of methoxy groups -OCH3 is 1. The number of carboxylic acid groups (broad SMARTS) is 1. The molecule has 2 aromatic rings. The number of halogens is 1. The molecule has 1 aromatic carbocycles. The first kappa shape index (κ1) is 14.6. The Morgan fingerprint density at radius 1 is 1.33 bits per heavy atom. The third-order valence-electron chi connectivity index (χ3n) is 2.52. The quantitative estimate of drug-likeness (QED) is 0.872. The van der Waals surface area contributed by atoms with Gasteiger partial charge >= 0.3 is 5.97 Å². The number of carboxylic acids is 1.